The third kappa shape index (κ3) is 2.65. The Morgan fingerprint density at radius 1 is 1.24 bits per heavy atom. The minimum atomic E-state index is 0.732. The molecule has 110 valence electrons. The van der Waals surface area contributed by atoms with Crippen molar-refractivity contribution in [1.82, 2.24) is 14.5 Å². The Morgan fingerprint density at radius 3 is 2.71 bits per heavy atom. The third-order valence-electron chi connectivity index (χ3n) is 3.90. The molecule has 3 rings (SSSR count). The fraction of sp³-hybridized carbons (Fsp3) is 0.375. The predicted octanol–water partition coefficient (Wildman–Crippen LogP) is 3.82. The maximum Gasteiger partial charge on any atom is 0.128 e. The van der Waals surface area contributed by atoms with Crippen LogP contribution in [0.25, 0.3) is 10.2 Å². The number of thiazole rings is 1. The number of hydrogen-bond acceptors (Lipinski definition) is 4. The molecule has 21 heavy (non-hydrogen) atoms. The molecule has 0 fully saturated rings. The molecule has 0 saturated heterocycles. The number of nitrogens with one attached hydrogen (secondary N) is 1. The summed E-state index contributed by atoms with van der Waals surface area (Å²) in [7, 11) is 2.06. The number of rotatable bonds is 4. The first-order valence-corrected chi connectivity index (χ1v) is 8.02. The number of aryl methyl sites for hydroxylation is 2. The fourth-order valence-electron chi connectivity index (χ4n) is 2.36. The normalized spacial score (nSPS) is 11.2. The van der Waals surface area contributed by atoms with Crippen LogP contribution in [0.1, 0.15) is 29.1 Å². The summed E-state index contributed by atoms with van der Waals surface area (Å²) in [5, 5.41) is 4.65. The molecule has 2 heterocycles. The van der Waals surface area contributed by atoms with E-state index >= 15 is 0 Å². The Kier molecular flexibility index (Phi) is 3.68. The number of nitrogens with zero attached hydrogens (tertiary/aromatic N) is 3. The molecule has 0 unspecified atom stereocenters. The predicted molar refractivity (Wildman–Crippen MR) is 89.0 cm³/mol. The SMILES string of the molecule is CCc1nc2ccc(NCc3nc(C)c(C)n3C)cc2s1. The summed E-state index contributed by atoms with van der Waals surface area (Å²) in [6.07, 6.45) is 0.994. The zero-order chi connectivity index (χ0) is 15.0. The number of imidazole rings is 1. The van der Waals surface area contributed by atoms with Gasteiger partial charge < -0.3 is 9.88 Å². The molecule has 0 amide bonds. The highest BCUT2D eigenvalue weighted by molar-refractivity contribution is 7.18. The number of hydrogen-bond donors (Lipinski definition) is 1. The number of aromatic nitrogens is 3. The van der Waals surface area contributed by atoms with Crippen LogP contribution in [0.5, 0.6) is 0 Å². The molecule has 3 aromatic rings. The van der Waals surface area contributed by atoms with Gasteiger partial charge in [-0.2, -0.15) is 0 Å². The first-order valence-electron chi connectivity index (χ1n) is 7.20. The molecule has 0 spiro atoms. The van der Waals surface area contributed by atoms with Crippen molar-refractivity contribution in [3.8, 4) is 0 Å². The van der Waals surface area contributed by atoms with Gasteiger partial charge in [-0.05, 0) is 38.5 Å². The topological polar surface area (TPSA) is 42.7 Å². The van der Waals surface area contributed by atoms with Crippen molar-refractivity contribution < 1.29 is 0 Å². The summed E-state index contributed by atoms with van der Waals surface area (Å²) >= 11 is 1.77. The van der Waals surface area contributed by atoms with Gasteiger partial charge >= 0.3 is 0 Å². The van der Waals surface area contributed by atoms with Gasteiger partial charge in [0, 0.05) is 18.4 Å². The Morgan fingerprint density at radius 2 is 2.05 bits per heavy atom. The maximum absolute atomic E-state index is 4.60. The molecule has 0 aliphatic carbocycles. The van der Waals surface area contributed by atoms with E-state index in [1.54, 1.807) is 11.3 Å². The molecule has 2 aromatic heterocycles. The molecule has 4 nitrogen and oxygen atoms in total. The molecule has 0 aliphatic heterocycles. The summed E-state index contributed by atoms with van der Waals surface area (Å²) in [5.41, 5.74) is 4.52. The van der Waals surface area contributed by atoms with Gasteiger partial charge in [0.25, 0.3) is 0 Å². The van der Waals surface area contributed by atoms with Gasteiger partial charge in [-0.1, -0.05) is 6.92 Å². The molecule has 0 radical (unpaired) electrons. The molecule has 0 saturated carbocycles. The van der Waals surface area contributed by atoms with Crippen LogP contribution in [-0.2, 0) is 20.0 Å². The highest BCUT2D eigenvalue weighted by Gasteiger charge is 2.08. The van der Waals surface area contributed by atoms with Crippen LogP contribution >= 0.6 is 11.3 Å². The Balaban J connectivity index is 1.79. The monoisotopic (exact) mass is 300 g/mol. The van der Waals surface area contributed by atoms with Gasteiger partial charge in [-0.25, -0.2) is 9.97 Å². The van der Waals surface area contributed by atoms with Crippen molar-refractivity contribution in [3.05, 3.63) is 40.4 Å². The van der Waals surface area contributed by atoms with Gasteiger partial charge in [-0.3, -0.25) is 0 Å². The number of benzene rings is 1. The molecule has 0 atom stereocenters. The lowest BCUT2D eigenvalue weighted by molar-refractivity contribution is 0.790. The first kappa shape index (κ1) is 14.1. The lowest BCUT2D eigenvalue weighted by Gasteiger charge is -2.07. The highest BCUT2D eigenvalue weighted by atomic mass is 32.1. The van der Waals surface area contributed by atoms with Crippen LogP contribution in [-0.4, -0.2) is 14.5 Å². The van der Waals surface area contributed by atoms with Gasteiger partial charge in [0.2, 0.25) is 0 Å². The van der Waals surface area contributed by atoms with E-state index in [1.807, 2.05) is 0 Å². The van der Waals surface area contributed by atoms with E-state index in [2.05, 4.69) is 65.9 Å². The van der Waals surface area contributed by atoms with Crippen LogP contribution in [0.3, 0.4) is 0 Å². The lowest BCUT2D eigenvalue weighted by atomic mass is 10.3. The lowest BCUT2D eigenvalue weighted by Crippen LogP contribution is -2.06. The second-order valence-corrected chi connectivity index (χ2v) is 6.37. The number of anilines is 1. The van der Waals surface area contributed by atoms with Crippen molar-refractivity contribution >= 4 is 27.2 Å². The molecule has 1 aromatic carbocycles. The fourth-order valence-corrected chi connectivity index (χ4v) is 3.30. The van der Waals surface area contributed by atoms with Crippen molar-refractivity contribution in [2.24, 2.45) is 7.05 Å². The van der Waals surface area contributed by atoms with Gasteiger partial charge in [0.1, 0.15) is 5.82 Å². The Bertz CT molecular complexity index is 785. The van der Waals surface area contributed by atoms with Crippen molar-refractivity contribution in [2.45, 2.75) is 33.7 Å². The van der Waals surface area contributed by atoms with Crippen LogP contribution < -0.4 is 5.32 Å². The summed E-state index contributed by atoms with van der Waals surface area (Å²) < 4.78 is 3.38. The molecule has 0 aliphatic rings. The minimum absolute atomic E-state index is 0.732. The van der Waals surface area contributed by atoms with Gasteiger partial charge in [0.05, 0.1) is 27.5 Å². The summed E-state index contributed by atoms with van der Waals surface area (Å²) in [6.45, 7) is 7.02. The van der Waals surface area contributed by atoms with Crippen LogP contribution in [0.15, 0.2) is 18.2 Å². The van der Waals surface area contributed by atoms with E-state index in [-0.39, 0.29) is 0 Å². The summed E-state index contributed by atoms with van der Waals surface area (Å²) in [5.74, 6) is 1.06. The minimum Gasteiger partial charge on any atom is -0.378 e. The molecular weight excluding hydrogens is 280 g/mol. The van der Waals surface area contributed by atoms with E-state index in [9.17, 15) is 0 Å². The standard InChI is InChI=1S/C16H20N4S/c1-5-16-19-13-7-6-12(8-14(13)21-16)17-9-15-18-10(2)11(3)20(15)4/h6-8,17H,5,9H2,1-4H3. The average molecular weight is 300 g/mol. The largest absolute Gasteiger partial charge is 0.378 e. The molecule has 0 bridgehead atoms. The van der Waals surface area contributed by atoms with E-state index in [0.717, 1.165) is 35.7 Å². The highest BCUT2D eigenvalue weighted by Crippen LogP contribution is 2.25. The molecule has 5 heteroatoms. The Labute approximate surface area is 128 Å². The molecule has 1 N–H and O–H groups in total. The second kappa shape index (κ2) is 5.48. The zero-order valence-electron chi connectivity index (χ0n) is 12.9. The third-order valence-corrected chi connectivity index (χ3v) is 5.06. The number of fused-ring (bicyclic) bond motifs is 1. The van der Waals surface area contributed by atoms with E-state index < -0.39 is 0 Å². The smallest absolute Gasteiger partial charge is 0.128 e. The van der Waals surface area contributed by atoms with Crippen molar-refractivity contribution in [2.75, 3.05) is 5.32 Å². The zero-order valence-corrected chi connectivity index (χ0v) is 13.7. The first-order chi connectivity index (χ1) is 10.1. The summed E-state index contributed by atoms with van der Waals surface area (Å²) in [6, 6.07) is 6.35. The van der Waals surface area contributed by atoms with Gasteiger partial charge in [0.15, 0.2) is 0 Å². The van der Waals surface area contributed by atoms with Crippen molar-refractivity contribution in [3.63, 3.8) is 0 Å². The quantitative estimate of drug-likeness (QED) is 0.796. The average Bonchev–Trinajstić information content (AvgIpc) is 3.01. The second-order valence-electron chi connectivity index (χ2n) is 5.26. The molecular formula is C16H20N4S. The van der Waals surface area contributed by atoms with E-state index in [1.165, 1.54) is 15.4 Å². The summed E-state index contributed by atoms with van der Waals surface area (Å²) in [4.78, 5) is 9.19. The Hall–Kier alpha value is -1.88. The van der Waals surface area contributed by atoms with Crippen molar-refractivity contribution in [1.29, 1.82) is 0 Å². The van der Waals surface area contributed by atoms with Crippen LogP contribution in [0, 0.1) is 13.8 Å². The van der Waals surface area contributed by atoms with Crippen LogP contribution in [0.2, 0.25) is 0 Å². The van der Waals surface area contributed by atoms with Crippen LogP contribution in [0.4, 0.5) is 5.69 Å². The maximum atomic E-state index is 4.60. The van der Waals surface area contributed by atoms with E-state index in [4.69, 9.17) is 0 Å². The van der Waals surface area contributed by atoms with E-state index in [0.29, 0.717) is 0 Å². The van der Waals surface area contributed by atoms with Gasteiger partial charge in [-0.15, -0.1) is 11.3 Å².